The fraction of sp³-hybridized carbons (Fsp3) is 0. The predicted octanol–water partition coefficient (Wildman–Crippen LogP) is 13.9. The van der Waals surface area contributed by atoms with Crippen molar-refractivity contribution in [1.29, 1.82) is 0 Å². The third-order valence-electron chi connectivity index (χ3n) is 11.4. The highest BCUT2D eigenvalue weighted by Gasteiger charge is 2.24. The van der Waals surface area contributed by atoms with Gasteiger partial charge in [0.15, 0.2) is 0 Å². The van der Waals surface area contributed by atoms with Crippen LogP contribution in [0.1, 0.15) is 0 Å². The van der Waals surface area contributed by atoms with E-state index in [0.29, 0.717) is 0 Å². The van der Waals surface area contributed by atoms with E-state index in [9.17, 15) is 0 Å². The smallest absolute Gasteiger partial charge is 0.0626 e. The van der Waals surface area contributed by atoms with E-state index in [2.05, 4.69) is 180 Å². The minimum atomic E-state index is 1.17. The molecular formula is C50H29N. The first kappa shape index (κ1) is 27.2. The first-order valence-corrected chi connectivity index (χ1v) is 17.8. The lowest BCUT2D eigenvalue weighted by Crippen LogP contribution is -1.95. The van der Waals surface area contributed by atoms with Gasteiger partial charge in [-0.05, 0) is 113 Å². The molecule has 1 aliphatic rings. The first-order valence-electron chi connectivity index (χ1n) is 17.8. The monoisotopic (exact) mass is 643 g/mol. The van der Waals surface area contributed by atoms with Gasteiger partial charge < -0.3 is 4.57 Å². The van der Waals surface area contributed by atoms with Gasteiger partial charge in [-0.25, -0.2) is 0 Å². The summed E-state index contributed by atoms with van der Waals surface area (Å²) in [6.45, 7) is 0. The van der Waals surface area contributed by atoms with Gasteiger partial charge in [-0.15, -0.1) is 0 Å². The van der Waals surface area contributed by atoms with Crippen molar-refractivity contribution in [2.24, 2.45) is 0 Å². The number of nitrogens with zero attached hydrogens (tertiary/aromatic N) is 1. The number of aromatic nitrogens is 1. The highest BCUT2D eigenvalue weighted by Crippen LogP contribution is 2.51. The van der Waals surface area contributed by atoms with Crippen molar-refractivity contribution in [1.82, 2.24) is 4.57 Å². The molecule has 0 amide bonds. The third-order valence-corrected chi connectivity index (χ3v) is 11.4. The van der Waals surface area contributed by atoms with Gasteiger partial charge in [0.1, 0.15) is 0 Å². The van der Waals surface area contributed by atoms with Crippen LogP contribution in [0, 0.1) is 0 Å². The SMILES string of the molecule is c1ccc(-n2c3ccc(-c4cc5c6c(cccc6c4)-c4ccccc4-5)cc3c3c4c5ccccc5c5ccccc5c4c4ccccc4c32)cc1. The molecule has 1 aliphatic carbocycles. The Bertz CT molecular complexity index is 3290. The number of rotatable bonds is 2. The molecule has 0 saturated carbocycles. The molecule has 11 aromatic rings. The highest BCUT2D eigenvalue weighted by molar-refractivity contribution is 6.42. The van der Waals surface area contributed by atoms with E-state index < -0.39 is 0 Å². The van der Waals surface area contributed by atoms with Crippen molar-refractivity contribution < 1.29 is 0 Å². The van der Waals surface area contributed by atoms with Crippen LogP contribution in [0.15, 0.2) is 176 Å². The van der Waals surface area contributed by atoms with Gasteiger partial charge in [0.25, 0.3) is 0 Å². The molecule has 1 aromatic heterocycles. The molecule has 1 nitrogen and oxygen atoms in total. The Morgan fingerprint density at radius 2 is 0.882 bits per heavy atom. The zero-order chi connectivity index (χ0) is 33.2. The van der Waals surface area contributed by atoms with Crippen LogP contribution in [0.5, 0.6) is 0 Å². The van der Waals surface area contributed by atoms with Crippen LogP contribution >= 0.6 is 0 Å². The average molecular weight is 644 g/mol. The summed E-state index contributed by atoms with van der Waals surface area (Å²) in [5.74, 6) is 0. The molecule has 0 bridgehead atoms. The molecule has 0 aliphatic heterocycles. The van der Waals surface area contributed by atoms with Crippen LogP contribution in [-0.4, -0.2) is 4.57 Å². The molecule has 12 rings (SSSR count). The number of para-hydroxylation sites is 1. The summed E-state index contributed by atoms with van der Waals surface area (Å²) in [5.41, 5.74) is 11.4. The summed E-state index contributed by atoms with van der Waals surface area (Å²) in [5, 5.41) is 15.6. The fourth-order valence-electron chi connectivity index (χ4n) is 9.40. The molecule has 1 heteroatoms. The molecule has 51 heavy (non-hydrogen) atoms. The molecule has 0 spiro atoms. The van der Waals surface area contributed by atoms with E-state index in [0.717, 1.165) is 0 Å². The van der Waals surface area contributed by atoms with E-state index in [1.807, 2.05) is 0 Å². The van der Waals surface area contributed by atoms with Crippen molar-refractivity contribution in [2.45, 2.75) is 0 Å². The molecule has 0 saturated heterocycles. The van der Waals surface area contributed by atoms with Crippen molar-refractivity contribution in [3.63, 3.8) is 0 Å². The molecule has 0 N–H and O–H groups in total. The second-order valence-electron chi connectivity index (χ2n) is 14.0. The van der Waals surface area contributed by atoms with Crippen LogP contribution in [0.25, 0.3) is 115 Å². The molecule has 1 heterocycles. The lowest BCUT2D eigenvalue weighted by atomic mass is 9.88. The Balaban J connectivity index is 1.29. The van der Waals surface area contributed by atoms with Gasteiger partial charge in [-0.2, -0.15) is 0 Å². The molecule has 10 aromatic carbocycles. The van der Waals surface area contributed by atoms with Crippen molar-refractivity contribution >= 4 is 75.7 Å². The van der Waals surface area contributed by atoms with Crippen LogP contribution in [0.2, 0.25) is 0 Å². The van der Waals surface area contributed by atoms with Crippen molar-refractivity contribution in [3.05, 3.63) is 176 Å². The summed E-state index contributed by atoms with van der Waals surface area (Å²) in [6.07, 6.45) is 0. The Hall–Kier alpha value is -6.70. The Morgan fingerprint density at radius 1 is 0.294 bits per heavy atom. The van der Waals surface area contributed by atoms with Gasteiger partial charge in [-0.3, -0.25) is 0 Å². The van der Waals surface area contributed by atoms with Crippen LogP contribution in [0.4, 0.5) is 0 Å². The minimum Gasteiger partial charge on any atom is -0.309 e. The van der Waals surface area contributed by atoms with Gasteiger partial charge >= 0.3 is 0 Å². The van der Waals surface area contributed by atoms with Crippen LogP contribution < -0.4 is 0 Å². The minimum absolute atomic E-state index is 1.17. The number of benzene rings is 10. The van der Waals surface area contributed by atoms with Crippen molar-refractivity contribution in [2.75, 3.05) is 0 Å². The second-order valence-corrected chi connectivity index (χ2v) is 14.0. The number of hydrogen-bond donors (Lipinski definition) is 0. The van der Waals surface area contributed by atoms with Gasteiger partial charge in [0.05, 0.1) is 11.0 Å². The molecular weight excluding hydrogens is 615 g/mol. The summed E-state index contributed by atoms with van der Waals surface area (Å²) in [7, 11) is 0. The zero-order valence-corrected chi connectivity index (χ0v) is 27.7. The van der Waals surface area contributed by atoms with E-state index in [-0.39, 0.29) is 0 Å². The first-order chi connectivity index (χ1) is 25.3. The maximum Gasteiger partial charge on any atom is 0.0626 e. The summed E-state index contributed by atoms with van der Waals surface area (Å²) in [4.78, 5) is 0. The number of fused-ring (bicyclic) bond motifs is 16. The normalized spacial score (nSPS) is 12.3. The highest BCUT2D eigenvalue weighted by atomic mass is 15.0. The lowest BCUT2D eigenvalue weighted by molar-refractivity contribution is 1.19. The third kappa shape index (κ3) is 3.55. The van der Waals surface area contributed by atoms with E-state index in [4.69, 9.17) is 0 Å². The van der Waals surface area contributed by atoms with E-state index >= 15 is 0 Å². The maximum atomic E-state index is 2.50. The van der Waals surface area contributed by atoms with Crippen LogP contribution in [-0.2, 0) is 0 Å². The number of hydrogen-bond acceptors (Lipinski definition) is 0. The lowest BCUT2D eigenvalue weighted by Gasteiger charge is -2.16. The Kier molecular flexibility index (Phi) is 5.29. The van der Waals surface area contributed by atoms with Gasteiger partial charge in [0.2, 0.25) is 0 Å². The van der Waals surface area contributed by atoms with Crippen molar-refractivity contribution in [3.8, 4) is 39.1 Å². The Labute approximate surface area is 294 Å². The summed E-state index contributed by atoms with van der Waals surface area (Å²) < 4.78 is 2.50. The standard InChI is InChI=1S/C50H29N/c1-2-14-33(15-3-1)51-45-26-25-30(32-27-31-13-12-24-38-36-18-4-5-19-37(36)43(29-32)46(31)38)28-44(45)49-48-40-21-9-7-17-35(40)34-16-6-8-20-39(34)47(48)41-22-10-11-23-42(41)50(49)51/h1-29H. The second kappa shape index (κ2) is 9.94. The van der Waals surface area contributed by atoms with E-state index in [1.165, 1.54) is 115 Å². The maximum absolute atomic E-state index is 2.50. The predicted molar refractivity (Wildman–Crippen MR) is 218 cm³/mol. The molecule has 0 fully saturated rings. The zero-order valence-electron chi connectivity index (χ0n) is 27.7. The molecule has 0 unspecified atom stereocenters. The Morgan fingerprint density at radius 3 is 1.63 bits per heavy atom. The molecule has 0 radical (unpaired) electrons. The van der Waals surface area contributed by atoms with Gasteiger partial charge in [-0.1, -0.05) is 140 Å². The average Bonchev–Trinajstić information content (AvgIpc) is 3.72. The summed E-state index contributed by atoms with van der Waals surface area (Å²) >= 11 is 0. The molecule has 0 atom stereocenters. The largest absolute Gasteiger partial charge is 0.309 e. The molecule has 234 valence electrons. The van der Waals surface area contributed by atoms with E-state index in [1.54, 1.807) is 0 Å². The van der Waals surface area contributed by atoms with Gasteiger partial charge in [0, 0.05) is 27.2 Å². The fourth-order valence-corrected chi connectivity index (χ4v) is 9.40. The van der Waals surface area contributed by atoms with Crippen LogP contribution in [0.3, 0.4) is 0 Å². The quantitative estimate of drug-likeness (QED) is 0.165. The topological polar surface area (TPSA) is 4.93 Å². The summed E-state index contributed by atoms with van der Waals surface area (Å²) in [6, 6.07) is 65.4.